The van der Waals surface area contributed by atoms with E-state index in [-0.39, 0.29) is 23.6 Å². The average molecular weight is 491 g/mol. The van der Waals surface area contributed by atoms with Crippen LogP contribution in [0.15, 0.2) is 12.2 Å². The Morgan fingerprint density at radius 1 is 0.829 bits per heavy atom. The van der Waals surface area contributed by atoms with Gasteiger partial charge in [0.2, 0.25) is 0 Å². The van der Waals surface area contributed by atoms with Gasteiger partial charge in [-0.1, -0.05) is 64.4 Å². The van der Waals surface area contributed by atoms with Gasteiger partial charge in [-0.2, -0.15) is 0 Å². The number of ether oxygens (including phenoxy) is 1. The molecule has 0 aromatic carbocycles. The third-order valence-corrected chi connectivity index (χ3v) is 7.96. The van der Waals surface area contributed by atoms with Gasteiger partial charge in [0.1, 0.15) is 0 Å². The van der Waals surface area contributed by atoms with E-state index in [9.17, 15) is 14.4 Å². The van der Waals surface area contributed by atoms with Crippen molar-refractivity contribution < 1.29 is 19.1 Å². The van der Waals surface area contributed by atoms with Crippen molar-refractivity contribution in [2.24, 2.45) is 0 Å². The number of hydrogen-bond acceptors (Lipinski definition) is 4. The molecule has 4 amide bonds. The maximum Gasteiger partial charge on any atom is 0.335 e. The van der Waals surface area contributed by atoms with Crippen LogP contribution in [0.25, 0.3) is 0 Å². The second kappa shape index (κ2) is 12.6. The molecule has 0 saturated heterocycles. The molecule has 8 nitrogen and oxygen atoms in total. The van der Waals surface area contributed by atoms with Gasteiger partial charge in [-0.3, -0.25) is 0 Å². The van der Waals surface area contributed by atoms with Crippen molar-refractivity contribution in [1.29, 1.82) is 0 Å². The Hall–Kier alpha value is -2.25. The Bertz CT molecular complexity index is 750. The number of hydrogen-bond donors (Lipinski definition) is 4. The molecule has 0 aromatic heterocycles. The molecule has 3 rings (SSSR count). The van der Waals surface area contributed by atoms with E-state index in [0.717, 1.165) is 77.0 Å². The van der Waals surface area contributed by atoms with Crippen LogP contribution < -0.4 is 21.3 Å². The molecule has 0 bridgehead atoms. The zero-order valence-electron chi connectivity index (χ0n) is 21.8. The molecule has 4 N–H and O–H groups in total. The van der Waals surface area contributed by atoms with E-state index in [1.54, 1.807) is 13.8 Å². The van der Waals surface area contributed by atoms with Gasteiger partial charge in [-0.25, -0.2) is 14.4 Å². The summed E-state index contributed by atoms with van der Waals surface area (Å²) < 4.78 is 5.22. The van der Waals surface area contributed by atoms with Crippen molar-refractivity contribution in [1.82, 2.24) is 21.3 Å². The van der Waals surface area contributed by atoms with E-state index in [0.29, 0.717) is 5.57 Å². The summed E-state index contributed by atoms with van der Waals surface area (Å²) in [6.45, 7) is 6.79. The van der Waals surface area contributed by atoms with Gasteiger partial charge in [0, 0.05) is 22.7 Å². The maximum absolute atomic E-state index is 13.1. The molecule has 0 aromatic rings. The fourth-order valence-electron chi connectivity index (χ4n) is 6.26. The maximum atomic E-state index is 13.1. The minimum atomic E-state index is -0.761. The van der Waals surface area contributed by atoms with E-state index in [2.05, 4.69) is 27.8 Å². The smallest absolute Gasteiger partial charge is 0.335 e. The van der Waals surface area contributed by atoms with Gasteiger partial charge in [-0.15, -0.1) is 0 Å². The van der Waals surface area contributed by atoms with Crippen LogP contribution in [0.4, 0.5) is 9.59 Å². The van der Waals surface area contributed by atoms with Crippen molar-refractivity contribution >= 4 is 18.0 Å². The number of amides is 4. The Morgan fingerprint density at radius 3 is 1.83 bits per heavy atom. The second-order valence-corrected chi connectivity index (χ2v) is 11.2. The topological polar surface area (TPSA) is 109 Å². The molecule has 1 unspecified atom stereocenters. The fourth-order valence-corrected chi connectivity index (χ4v) is 6.26. The molecular weight excluding hydrogens is 444 g/mol. The molecule has 3 aliphatic carbocycles. The third kappa shape index (κ3) is 8.43. The number of carbonyl (C=O) groups is 3. The first kappa shape index (κ1) is 27.3. The molecule has 3 aliphatic rings. The summed E-state index contributed by atoms with van der Waals surface area (Å²) in [5.41, 5.74) is -0.421. The van der Waals surface area contributed by atoms with E-state index in [4.69, 9.17) is 4.74 Å². The lowest BCUT2D eigenvalue weighted by molar-refractivity contribution is -0.144. The Morgan fingerprint density at radius 2 is 1.31 bits per heavy atom. The second-order valence-electron chi connectivity index (χ2n) is 11.2. The van der Waals surface area contributed by atoms with Gasteiger partial charge in [0.05, 0.1) is 0 Å². The number of rotatable bonds is 8. The largest absolute Gasteiger partial charge is 0.439 e. The summed E-state index contributed by atoms with van der Waals surface area (Å²) in [6.07, 6.45) is 15.9. The minimum absolute atomic E-state index is 0.0606. The summed E-state index contributed by atoms with van der Waals surface area (Å²) in [4.78, 5) is 37.9. The van der Waals surface area contributed by atoms with Gasteiger partial charge < -0.3 is 26.0 Å². The fraction of sp³-hybridized carbons (Fsp3) is 0.815. The summed E-state index contributed by atoms with van der Waals surface area (Å²) >= 11 is 0. The van der Waals surface area contributed by atoms with Gasteiger partial charge >= 0.3 is 18.0 Å². The summed E-state index contributed by atoms with van der Waals surface area (Å²) in [7, 11) is 0. The zero-order chi connectivity index (χ0) is 25.3. The van der Waals surface area contributed by atoms with E-state index in [1.807, 2.05) is 0 Å². The van der Waals surface area contributed by atoms with E-state index in [1.165, 1.54) is 25.7 Å². The van der Waals surface area contributed by atoms with E-state index >= 15 is 0 Å². The van der Waals surface area contributed by atoms with Crippen molar-refractivity contribution in [3.8, 4) is 0 Å². The predicted molar refractivity (Wildman–Crippen MR) is 137 cm³/mol. The van der Waals surface area contributed by atoms with Crippen LogP contribution in [0.5, 0.6) is 0 Å². The molecule has 3 fully saturated rings. The molecule has 0 heterocycles. The van der Waals surface area contributed by atoms with Crippen molar-refractivity contribution in [2.75, 3.05) is 0 Å². The zero-order valence-corrected chi connectivity index (χ0v) is 21.8. The predicted octanol–water partition coefficient (Wildman–Crippen LogP) is 5.18. The van der Waals surface area contributed by atoms with Crippen LogP contribution >= 0.6 is 0 Å². The van der Waals surface area contributed by atoms with Crippen molar-refractivity contribution in [2.45, 2.75) is 140 Å². The van der Waals surface area contributed by atoms with Gasteiger partial charge in [-0.05, 0) is 58.8 Å². The van der Waals surface area contributed by atoms with Crippen LogP contribution in [0.2, 0.25) is 0 Å². The lowest BCUT2D eigenvalue weighted by atomic mass is 9.68. The lowest BCUT2D eigenvalue weighted by Crippen LogP contribution is -2.63. The quantitative estimate of drug-likeness (QED) is 0.214. The molecule has 0 radical (unpaired) electrons. The highest BCUT2D eigenvalue weighted by molar-refractivity contribution is 5.87. The first-order chi connectivity index (χ1) is 16.7. The van der Waals surface area contributed by atoms with Crippen molar-refractivity contribution in [3.63, 3.8) is 0 Å². The summed E-state index contributed by atoms with van der Waals surface area (Å²) in [5, 5.41) is 12.6. The summed E-state index contributed by atoms with van der Waals surface area (Å²) in [6, 6.07) is -0.138. The van der Waals surface area contributed by atoms with Crippen molar-refractivity contribution in [3.05, 3.63) is 12.2 Å². The Kier molecular flexibility index (Phi) is 9.87. The average Bonchev–Trinajstić information content (AvgIpc) is 2.80. The lowest BCUT2D eigenvalue weighted by Gasteiger charge is -2.48. The minimum Gasteiger partial charge on any atom is -0.439 e. The molecule has 3 saturated carbocycles. The first-order valence-electron chi connectivity index (χ1n) is 13.7. The third-order valence-electron chi connectivity index (χ3n) is 7.96. The van der Waals surface area contributed by atoms with Gasteiger partial charge in [0.25, 0.3) is 0 Å². The van der Waals surface area contributed by atoms with Crippen LogP contribution in [0.1, 0.15) is 117 Å². The highest BCUT2D eigenvalue weighted by Crippen LogP contribution is 2.41. The number of nitrogens with one attached hydrogen (secondary N) is 4. The molecule has 198 valence electrons. The highest BCUT2D eigenvalue weighted by atomic mass is 16.6. The summed E-state index contributed by atoms with van der Waals surface area (Å²) in [5.74, 6) is -0.528. The molecule has 0 spiro atoms. The molecule has 8 heteroatoms. The number of urea groups is 2. The Balaban J connectivity index is 1.67. The van der Waals surface area contributed by atoms with E-state index < -0.39 is 17.7 Å². The normalized spacial score (nSPS) is 22.8. The SMILES string of the molecule is C=C(C)C(=O)OC(C)NC(=O)NC1(CC2(NC(=O)NC3CCCCC3)CCCCC2)CCCCC1. The van der Waals surface area contributed by atoms with Crippen LogP contribution in [-0.4, -0.2) is 41.4 Å². The molecular formula is C27H46N4O4. The van der Waals surface area contributed by atoms with Crippen LogP contribution in [0.3, 0.4) is 0 Å². The first-order valence-corrected chi connectivity index (χ1v) is 13.7. The highest BCUT2D eigenvalue weighted by Gasteiger charge is 2.44. The molecule has 35 heavy (non-hydrogen) atoms. The van der Waals surface area contributed by atoms with Gasteiger partial charge in [0.15, 0.2) is 6.23 Å². The Labute approximate surface area is 210 Å². The molecule has 1 atom stereocenters. The number of esters is 1. The number of carbonyl (C=O) groups excluding carboxylic acids is 3. The van der Waals surface area contributed by atoms with Crippen LogP contribution in [0, 0.1) is 0 Å². The molecule has 0 aliphatic heterocycles. The standard InChI is InChI=1S/C27H46N4O4/c1-20(2)23(32)35-21(3)28-24(33)30-26(15-9-5-10-16-26)19-27(17-11-6-12-18-27)31-25(34)29-22-13-7-4-8-14-22/h21-22H,1,4-19H2,2-3H3,(H2,28,30,33)(H2,29,31,34). The monoisotopic (exact) mass is 490 g/mol. The van der Waals surface area contributed by atoms with Crippen LogP contribution in [-0.2, 0) is 9.53 Å².